The van der Waals surface area contributed by atoms with Crippen molar-refractivity contribution in [3.8, 4) is 5.75 Å². The molecule has 1 rings (SSSR count). The molecule has 0 aliphatic carbocycles. The van der Waals surface area contributed by atoms with Gasteiger partial charge in [-0.05, 0) is 37.3 Å². The van der Waals surface area contributed by atoms with Crippen molar-refractivity contribution in [2.75, 3.05) is 6.61 Å². The number of esters is 1. The molecule has 0 radical (unpaired) electrons. The van der Waals surface area contributed by atoms with Crippen molar-refractivity contribution in [2.45, 2.75) is 46.6 Å². The number of carbonyl (C=O) groups is 2. The number of carbonyl (C=O) groups excluding carboxylic acids is 1. The van der Waals surface area contributed by atoms with Gasteiger partial charge in [0.1, 0.15) is 11.8 Å². The first-order chi connectivity index (χ1) is 12.1. The van der Waals surface area contributed by atoms with Crippen molar-refractivity contribution < 1.29 is 24.2 Å². The van der Waals surface area contributed by atoms with E-state index in [-0.39, 0.29) is 17.9 Å². The topological polar surface area (TPSA) is 84.9 Å². The minimum atomic E-state index is -1.04. The minimum Gasteiger partial charge on any atom is -0.480 e. The summed E-state index contributed by atoms with van der Waals surface area (Å²) >= 11 is 6.07. The average molecular weight is 384 g/mol. The van der Waals surface area contributed by atoms with E-state index >= 15 is 0 Å². The Morgan fingerprint density at radius 3 is 2.50 bits per heavy atom. The van der Waals surface area contributed by atoms with Gasteiger partial charge in [-0.2, -0.15) is 0 Å². The molecule has 0 aliphatic heterocycles. The number of benzene rings is 1. The summed E-state index contributed by atoms with van der Waals surface area (Å²) < 4.78 is 10.5. The SMILES string of the molecule is CCOC(=O)C=C(NC(CCC(C)(C)C)C(=O)O)Oc1ccccc1Cl. The highest BCUT2D eigenvalue weighted by Gasteiger charge is 2.23. The maximum Gasteiger partial charge on any atom is 0.336 e. The normalized spacial score (nSPS) is 13.0. The molecule has 0 heterocycles. The second-order valence-corrected chi connectivity index (χ2v) is 7.33. The van der Waals surface area contributed by atoms with Crippen LogP contribution in [0.3, 0.4) is 0 Å². The van der Waals surface area contributed by atoms with Gasteiger partial charge in [-0.25, -0.2) is 9.59 Å². The summed E-state index contributed by atoms with van der Waals surface area (Å²) in [6.07, 6.45) is 2.13. The zero-order valence-electron chi connectivity index (χ0n) is 15.5. The van der Waals surface area contributed by atoms with Gasteiger partial charge in [-0.1, -0.05) is 44.5 Å². The van der Waals surface area contributed by atoms with Gasteiger partial charge in [0, 0.05) is 0 Å². The summed E-state index contributed by atoms with van der Waals surface area (Å²) in [6, 6.07) is 5.79. The third-order valence-electron chi connectivity index (χ3n) is 3.39. The fourth-order valence-electron chi connectivity index (χ4n) is 2.04. The van der Waals surface area contributed by atoms with Crippen molar-refractivity contribution in [1.29, 1.82) is 0 Å². The fourth-order valence-corrected chi connectivity index (χ4v) is 2.22. The third-order valence-corrected chi connectivity index (χ3v) is 3.70. The van der Waals surface area contributed by atoms with Crippen LogP contribution >= 0.6 is 11.6 Å². The number of rotatable bonds is 9. The first-order valence-corrected chi connectivity index (χ1v) is 8.80. The molecule has 26 heavy (non-hydrogen) atoms. The molecule has 1 aromatic carbocycles. The Bertz CT molecular complexity index is 652. The molecule has 0 bridgehead atoms. The van der Waals surface area contributed by atoms with Gasteiger partial charge in [-0.3, -0.25) is 0 Å². The largest absolute Gasteiger partial charge is 0.480 e. The van der Waals surface area contributed by atoms with Crippen LogP contribution in [0.5, 0.6) is 5.75 Å². The summed E-state index contributed by atoms with van der Waals surface area (Å²) in [5, 5.41) is 12.6. The standard InChI is InChI=1S/C19H26ClNO5/c1-5-25-17(22)12-16(26-15-9-7-6-8-13(15)20)21-14(18(23)24)10-11-19(2,3)4/h6-9,12,14,21H,5,10-11H2,1-4H3,(H,23,24). The number of nitrogens with one attached hydrogen (secondary N) is 1. The maximum atomic E-state index is 11.8. The Morgan fingerprint density at radius 2 is 1.96 bits per heavy atom. The number of carboxylic acids is 1. The van der Waals surface area contributed by atoms with Crippen LogP contribution in [0.15, 0.2) is 36.2 Å². The van der Waals surface area contributed by atoms with Crippen LogP contribution in [0.2, 0.25) is 5.02 Å². The minimum absolute atomic E-state index is 0.0238. The number of hydrogen-bond acceptors (Lipinski definition) is 5. The molecule has 1 unspecified atom stereocenters. The molecule has 0 spiro atoms. The van der Waals surface area contributed by atoms with E-state index in [0.29, 0.717) is 23.6 Å². The summed E-state index contributed by atoms with van der Waals surface area (Å²) in [5.74, 6) is -1.40. The molecular formula is C19H26ClNO5. The smallest absolute Gasteiger partial charge is 0.336 e. The number of halogens is 1. The molecule has 1 atom stereocenters. The Morgan fingerprint density at radius 1 is 1.31 bits per heavy atom. The monoisotopic (exact) mass is 383 g/mol. The van der Waals surface area contributed by atoms with E-state index in [1.54, 1.807) is 31.2 Å². The van der Waals surface area contributed by atoms with Gasteiger partial charge >= 0.3 is 11.9 Å². The molecule has 0 aliphatic rings. The highest BCUT2D eigenvalue weighted by Crippen LogP contribution is 2.25. The average Bonchev–Trinajstić information content (AvgIpc) is 2.52. The summed E-state index contributed by atoms with van der Waals surface area (Å²) in [5.41, 5.74) is -0.0238. The molecule has 2 N–H and O–H groups in total. The van der Waals surface area contributed by atoms with Crippen LogP contribution in [0.25, 0.3) is 0 Å². The zero-order chi connectivity index (χ0) is 19.7. The molecule has 0 aromatic heterocycles. The van der Waals surface area contributed by atoms with Crippen molar-refractivity contribution in [2.24, 2.45) is 5.41 Å². The fraction of sp³-hybridized carbons (Fsp3) is 0.474. The van der Waals surface area contributed by atoms with Gasteiger partial charge < -0.3 is 19.9 Å². The Balaban J connectivity index is 3.00. The number of carboxylic acid groups (broad SMARTS) is 1. The molecule has 7 heteroatoms. The molecular weight excluding hydrogens is 358 g/mol. The second kappa shape index (κ2) is 10.1. The Hall–Kier alpha value is -2.21. The zero-order valence-corrected chi connectivity index (χ0v) is 16.3. The Kier molecular flexibility index (Phi) is 8.45. The molecule has 1 aromatic rings. The van der Waals surface area contributed by atoms with Crippen LogP contribution < -0.4 is 10.1 Å². The molecule has 0 amide bonds. The van der Waals surface area contributed by atoms with E-state index in [1.165, 1.54) is 0 Å². The third kappa shape index (κ3) is 8.25. The van der Waals surface area contributed by atoms with E-state index in [9.17, 15) is 14.7 Å². The van der Waals surface area contributed by atoms with Crippen LogP contribution in [-0.4, -0.2) is 29.7 Å². The van der Waals surface area contributed by atoms with E-state index in [2.05, 4.69) is 5.32 Å². The van der Waals surface area contributed by atoms with E-state index in [4.69, 9.17) is 21.1 Å². The molecule has 6 nitrogen and oxygen atoms in total. The molecule has 0 fully saturated rings. The first kappa shape index (κ1) is 21.8. The van der Waals surface area contributed by atoms with E-state index in [0.717, 1.165) is 6.08 Å². The maximum absolute atomic E-state index is 11.8. The quantitative estimate of drug-likeness (QED) is 0.381. The lowest BCUT2D eigenvalue weighted by molar-refractivity contribution is -0.140. The predicted molar refractivity (Wildman–Crippen MR) is 100 cm³/mol. The van der Waals surface area contributed by atoms with Gasteiger partial charge in [0.05, 0.1) is 17.7 Å². The first-order valence-electron chi connectivity index (χ1n) is 8.42. The molecule has 0 saturated heterocycles. The highest BCUT2D eigenvalue weighted by atomic mass is 35.5. The van der Waals surface area contributed by atoms with Gasteiger partial charge in [0.25, 0.3) is 0 Å². The van der Waals surface area contributed by atoms with Crippen molar-refractivity contribution in [3.63, 3.8) is 0 Å². The lowest BCUT2D eigenvalue weighted by Crippen LogP contribution is -2.38. The van der Waals surface area contributed by atoms with Gasteiger partial charge in [0.2, 0.25) is 5.88 Å². The Labute approximate surface area is 159 Å². The van der Waals surface area contributed by atoms with E-state index < -0.39 is 18.0 Å². The van der Waals surface area contributed by atoms with E-state index in [1.807, 2.05) is 20.8 Å². The van der Waals surface area contributed by atoms with Crippen molar-refractivity contribution in [1.82, 2.24) is 5.32 Å². The van der Waals surface area contributed by atoms with Crippen molar-refractivity contribution in [3.05, 3.63) is 41.2 Å². The van der Waals surface area contributed by atoms with Gasteiger partial charge in [0.15, 0.2) is 0 Å². The highest BCUT2D eigenvalue weighted by molar-refractivity contribution is 6.32. The van der Waals surface area contributed by atoms with Crippen LogP contribution in [-0.2, 0) is 14.3 Å². The summed E-state index contributed by atoms with van der Waals surface area (Å²) in [6.45, 7) is 7.96. The lowest BCUT2D eigenvalue weighted by Gasteiger charge is -2.23. The summed E-state index contributed by atoms with van der Waals surface area (Å²) in [7, 11) is 0. The predicted octanol–water partition coefficient (Wildman–Crippen LogP) is 3.99. The second-order valence-electron chi connectivity index (χ2n) is 6.93. The number of para-hydroxylation sites is 1. The molecule has 144 valence electrons. The summed E-state index contributed by atoms with van der Waals surface area (Å²) in [4.78, 5) is 23.4. The number of aliphatic carboxylic acids is 1. The van der Waals surface area contributed by atoms with Crippen LogP contribution in [0.1, 0.15) is 40.5 Å². The van der Waals surface area contributed by atoms with Crippen LogP contribution in [0, 0.1) is 5.41 Å². The van der Waals surface area contributed by atoms with Gasteiger partial charge in [-0.15, -0.1) is 0 Å². The molecule has 0 saturated carbocycles. The van der Waals surface area contributed by atoms with Crippen molar-refractivity contribution >= 4 is 23.5 Å². The lowest BCUT2D eigenvalue weighted by atomic mass is 9.89. The van der Waals surface area contributed by atoms with Crippen LogP contribution in [0.4, 0.5) is 0 Å². The number of hydrogen-bond donors (Lipinski definition) is 2. The number of ether oxygens (including phenoxy) is 2.